The van der Waals surface area contributed by atoms with E-state index in [4.69, 9.17) is 4.74 Å². The van der Waals surface area contributed by atoms with Gasteiger partial charge in [0.1, 0.15) is 6.61 Å². The third-order valence-corrected chi connectivity index (χ3v) is 2.59. The molecule has 1 N–H and O–H groups in total. The fourth-order valence-corrected chi connectivity index (χ4v) is 1.57. The molecule has 0 bridgehead atoms. The largest absolute Gasteiger partial charge is 0.368 e. The van der Waals surface area contributed by atoms with E-state index in [9.17, 15) is 14.9 Å². The topological polar surface area (TPSA) is 81.5 Å². The van der Waals surface area contributed by atoms with E-state index in [1.807, 2.05) is 18.2 Å². The van der Waals surface area contributed by atoms with Crippen molar-refractivity contribution in [3.63, 3.8) is 0 Å². The van der Waals surface area contributed by atoms with Crippen molar-refractivity contribution in [2.75, 3.05) is 11.9 Å². The van der Waals surface area contributed by atoms with Gasteiger partial charge in [-0.2, -0.15) is 0 Å². The number of nitrogens with one attached hydrogen (secondary N) is 1. The van der Waals surface area contributed by atoms with Gasteiger partial charge in [-0.1, -0.05) is 18.2 Å². The highest BCUT2D eigenvalue weighted by atomic mass is 16.6. The first-order chi connectivity index (χ1) is 8.99. The van der Waals surface area contributed by atoms with E-state index in [1.54, 1.807) is 19.1 Å². The van der Waals surface area contributed by atoms with Gasteiger partial charge >= 0.3 is 0 Å². The van der Waals surface area contributed by atoms with Gasteiger partial charge in [-0.3, -0.25) is 14.9 Å². The summed E-state index contributed by atoms with van der Waals surface area (Å²) in [4.78, 5) is 21.7. The third-order valence-electron chi connectivity index (χ3n) is 2.59. The number of nitrogens with zero attached hydrogens (tertiary/aromatic N) is 1. The number of nitro groups is 1. The Balaban J connectivity index is 2.28. The van der Waals surface area contributed by atoms with Crippen LogP contribution < -0.4 is 5.32 Å². The van der Waals surface area contributed by atoms with Gasteiger partial charge in [0.15, 0.2) is 0 Å². The fraction of sp³-hybridized carbons (Fsp3) is 0.462. The zero-order valence-corrected chi connectivity index (χ0v) is 11.0. The molecule has 1 amide bonds. The minimum absolute atomic E-state index is 0.111. The van der Waals surface area contributed by atoms with Crippen molar-refractivity contribution in [1.29, 1.82) is 0 Å². The SMILES string of the molecule is CC(CC(C)[N+](=O)[O-])OCC(=O)Nc1ccccc1. The van der Waals surface area contributed by atoms with Crippen molar-refractivity contribution < 1.29 is 14.5 Å². The highest BCUT2D eigenvalue weighted by Crippen LogP contribution is 2.07. The fourth-order valence-electron chi connectivity index (χ4n) is 1.57. The molecule has 2 atom stereocenters. The Morgan fingerprint density at radius 1 is 1.37 bits per heavy atom. The second-order valence-electron chi connectivity index (χ2n) is 4.41. The lowest BCUT2D eigenvalue weighted by atomic mass is 10.2. The number of amides is 1. The minimum Gasteiger partial charge on any atom is -0.368 e. The number of carbonyl (C=O) groups is 1. The maximum atomic E-state index is 11.6. The van der Waals surface area contributed by atoms with Crippen molar-refractivity contribution in [3.05, 3.63) is 40.4 Å². The molecule has 1 aromatic carbocycles. The number of rotatable bonds is 7. The summed E-state index contributed by atoms with van der Waals surface area (Å²) in [6, 6.07) is 8.36. The van der Waals surface area contributed by atoms with Crippen LogP contribution in [-0.2, 0) is 9.53 Å². The number of para-hydroxylation sites is 1. The number of hydrogen-bond acceptors (Lipinski definition) is 4. The molecule has 2 unspecified atom stereocenters. The van der Waals surface area contributed by atoms with Crippen molar-refractivity contribution >= 4 is 11.6 Å². The van der Waals surface area contributed by atoms with E-state index in [2.05, 4.69) is 5.32 Å². The van der Waals surface area contributed by atoms with Crippen LogP contribution >= 0.6 is 0 Å². The molecule has 0 fully saturated rings. The Morgan fingerprint density at radius 3 is 2.58 bits per heavy atom. The van der Waals surface area contributed by atoms with Crippen LogP contribution in [0.25, 0.3) is 0 Å². The van der Waals surface area contributed by atoms with Crippen LogP contribution in [0.15, 0.2) is 30.3 Å². The predicted molar refractivity (Wildman–Crippen MR) is 71.6 cm³/mol. The molecule has 6 nitrogen and oxygen atoms in total. The Kier molecular flexibility index (Phi) is 5.95. The maximum absolute atomic E-state index is 11.6. The zero-order chi connectivity index (χ0) is 14.3. The first kappa shape index (κ1) is 15.1. The Morgan fingerprint density at radius 2 is 2.00 bits per heavy atom. The van der Waals surface area contributed by atoms with Gasteiger partial charge in [-0.25, -0.2) is 0 Å². The summed E-state index contributed by atoms with van der Waals surface area (Å²) in [6.45, 7) is 3.13. The molecule has 6 heteroatoms. The molecule has 1 rings (SSSR count). The summed E-state index contributed by atoms with van der Waals surface area (Å²) in [7, 11) is 0. The molecule has 0 aliphatic rings. The van der Waals surface area contributed by atoms with Crippen LogP contribution in [0.5, 0.6) is 0 Å². The molecule has 0 radical (unpaired) electrons. The molecule has 0 aliphatic heterocycles. The summed E-state index contributed by atoms with van der Waals surface area (Å²) in [5.74, 6) is -0.271. The van der Waals surface area contributed by atoms with Crippen LogP contribution in [0.4, 0.5) is 5.69 Å². The van der Waals surface area contributed by atoms with Crippen LogP contribution in [0, 0.1) is 10.1 Å². The predicted octanol–water partition coefficient (Wildman–Crippen LogP) is 2.09. The summed E-state index contributed by atoms with van der Waals surface area (Å²) in [5.41, 5.74) is 0.697. The molecular weight excluding hydrogens is 248 g/mol. The van der Waals surface area contributed by atoms with E-state index in [1.165, 1.54) is 6.92 Å². The standard InChI is InChI=1S/C13H18N2O4/c1-10(15(17)18)8-11(2)19-9-13(16)14-12-6-4-3-5-7-12/h3-7,10-11H,8-9H2,1-2H3,(H,14,16). The highest BCUT2D eigenvalue weighted by molar-refractivity contribution is 5.91. The molecule has 0 spiro atoms. The monoisotopic (exact) mass is 266 g/mol. The molecule has 104 valence electrons. The molecule has 19 heavy (non-hydrogen) atoms. The van der Waals surface area contributed by atoms with E-state index >= 15 is 0 Å². The molecule has 0 aromatic heterocycles. The molecular formula is C13H18N2O4. The smallest absolute Gasteiger partial charge is 0.250 e. The Hall–Kier alpha value is -1.95. The summed E-state index contributed by atoms with van der Waals surface area (Å²) < 4.78 is 5.28. The summed E-state index contributed by atoms with van der Waals surface area (Å²) >= 11 is 0. The average Bonchev–Trinajstić information content (AvgIpc) is 2.37. The number of anilines is 1. The number of benzene rings is 1. The van der Waals surface area contributed by atoms with Gasteiger partial charge < -0.3 is 10.1 Å². The second-order valence-corrected chi connectivity index (χ2v) is 4.41. The van der Waals surface area contributed by atoms with Gasteiger partial charge in [0, 0.05) is 24.0 Å². The molecule has 0 saturated carbocycles. The van der Waals surface area contributed by atoms with Crippen molar-refractivity contribution in [3.8, 4) is 0 Å². The lowest BCUT2D eigenvalue weighted by Crippen LogP contribution is -2.26. The van der Waals surface area contributed by atoms with E-state index in [-0.39, 0.29) is 30.0 Å². The maximum Gasteiger partial charge on any atom is 0.250 e. The number of carbonyl (C=O) groups excluding carboxylic acids is 1. The summed E-state index contributed by atoms with van der Waals surface area (Å²) in [5, 5.41) is 13.2. The average molecular weight is 266 g/mol. The van der Waals surface area contributed by atoms with Crippen molar-refractivity contribution in [2.24, 2.45) is 0 Å². The molecule has 0 aliphatic carbocycles. The van der Waals surface area contributed by atoms with E-state index in [0.717, 1.165) is 0 Å². The molecule has 0 saturated heterocycles. The van der Waals surface area contributed by atoms with Gasteiger partial charge in [-0.15, -0.1) is 0 Å². The van der Waals surface area contributed by atoms with Gasteiger partial charge in [0.2, 0.25) is 11.9 Å². The first-order valence-corrected chi connectivity index (χ1v) is 6.09. The lowest BCUT2D eigenvalue weighted by Gasteiger charge is -2.13. The quantitative estimate of drug-likeness (QED) is 0.605. The minimum atomic E-state index is -0.674. The Labute approximate surface area is 111 Å². The van der Waals surface area contributed by atoms with Gasteiger partial charge in [-0.05, 0) is 19.1 Å². The van der Waals surface area contributed by atoms with Gasteiger partial charge in [0.05, 0.1) is 6.10 Å². The highest BCUT2D eigenvalue weighted by Gasteiger charge is 2.18. The Bertz CT molecular complexity index is 422. The first-order valence-electron chi connectivity index (χ1n) is 6.09. The van der Waals surface area contributed by atoms with Crippen molar-refractivity contribution in [1.82, 2.24) is 0 Å². The zero-order valence-electron chi connectivity index (χ0n) is 11.0. The summed E-state index contributed by atoms with van der Waals surface area (Å²) in [6.07, 6.45) is -0.0482. The molecule has 1 aromatic rings. The lowest BCUT2D eigenvalue weighted by molar-refractivity contribution is -0.520. The third kappa shape index (κ3) is 5.96. The van der Waals surface area contributed by atoms with Crippen LogP contribution in [0.3, 0.4) is 0 Å². The van der Waals surface area contributed by atoms with E-state index in [0.29, 0.717) is 5.69 Å². The number of hydrogen-bond donors (Lipinski definition) is 1. The van der Waals surface area contributed by atoms with Crippen LogP contribution in [0.1, 0.15) is 20.3 Å². The normalized spacial score (nSPS) is 13.6. The van der Waals surface area contributed by atoms with Crippen molar-refractivity contribution in [2.45, 2.75) is 32.4 Å². The van der Waals surface area contributed by atoms with E-state index < -0.39 is 6.04 Å². The van der Waals surface area contributed by atoms with Gasteiger partial charge in [0.25, 0.3) is 0 Å². The second kappa shape index (κ2) is 7.48. The van der Waals surface area contributed by atoms with Crippen LogP contribution in [0.2, 0.25) is 0 Å². The van der Waals surface area contributed by atoms with Crippen LogP contribution in [-0.4, -0.2) is 29.6 Å². The number of ether oxygens (including phenoxy) is 1. The molecule has 0 heterocycles.